The van der Waals surface area contributed by atoms with Gasteiger partial charge in [0, 0.05) is 17.3 Å². The van der Waals surface area contributed by atoms with Crippen LogP contribution in [0.15, 0.2) is 59.3 Å². The summed E-state index contributed by atoms with van der Waals surface area (Å²) in [4.78, 5) is 27.8. The number of amides is 2. The van der Waals surface area contributed by atoms with Crippen molar-refractivity contribution in [1.82, 2.24) is 10.3 Å². The van der Waals surface area contributed by atoms with Gasteiger partial charge in [-0.05, 0) is 42.3 Å². The molecule has 0 spiro atoms. The van der Waals surface area contributed by atoms with Crippen LogP contribution in [0, 0.1) is 6.92 Å². The van der Waals surface area contributed by atoms with Gasteiger partial charge < -0.3 is 14.5 Å². The van der Waals surface area contributed by atoms with E-state index in [4.69, 9.17) is 20.8 Å². The number of nitrogens with one attached hydrogen (secondary N) is 2. The molecule has 1 heterocycles. The highest BCUT2D eigenvalue weighted by atomic mass is 35.5. The number of benzene rings is 2. The van der Waals surface area contributed by atoms with Crippen LogP contribution in [0.2, 0.25) is 5.02 Å². The topological polar surface area (TPSA) is 93.5 Å². The lowest BCUT2D eigenvalue weighted by molar-refractivity contribution is 0.0945. The minimum atomic E-state index is -0.558. The molecule has 3 rings (SSSR count). The molecule has 2 N–H and O–H groups in total. The molecular formula is C20H18ClN3O4. The first kappa shape index (κ1) is 19.4. The van der Waals surface area contributed by atoms with Crippen LogP contribution in [-0.4, -0.2) is 17.0 Å². The fourth-order valence-electron chi connectivity index (χ4n) is 2.38. The minimum Gasteiger partial charge on any atom is -0.448 e. The molecule has 0 aliphatic carbocycles. The summed E-state index contributed by atoms with van der Waals surface area (Å²) in [6.07, 6.45) is 0.675. The second-order valence-electron chi connectivity index (χ2n) is 5.96. The monoisotopic (exact) mass is 399 g/mol. The number of ether oxygens (including phenoxy) is 1. The molecule has 8 heteroatoms. The number of rotatable bonds is 6. The number of nitrogens with zero attached hydrogens (tertiary/aromatic N) is 1. The van der Waals surface area contributed by atoms with Crippen LogP contribution in [0.5, 0.6) is 0 Å². The Labute approximate surface area is 166 Å². The predicted octanol–water partition coefficient (Wildman–Crippen LogP) is 4.32. The summed E-state index contributed by atoms with van der Waals surface area (Å²) < 4.78 is 10.2. The van der Waals surface area contributed by atoms with Crippen molar-refractivity contribution in [1.29, 1.82) is 0 Å². The van der Waals surface area contributed by atoms with Gasteiger partial charge in [0.1, 0.15) is 12.4 Å². The molecule has 0 aliphatic rings. The third-order valence-electron chi connectivity index (χ3n) is 3.90. The van der Waals surface area contributed by atoms with Crippen molar-refractivity contribution in [3.8, 4) is 0 Å². The van der Waals surface area contributed by atoms with E-state index >= 15 is 0 Å². The molecule has 0 unspecified atom stereocenters. The summed E-state index contributed by atoms with van der Waals surface area (Å²) in [6, 6.07) is 14.1. The molecule has 0 fully saturated rings. The van der Waals surface area contributed by atoms with Crippen LogP contribution in [0.25, 0.3) is 0 Å². The second-order valence-corrected chi connectivity index (χ2v) is 6.40. The van der Waals surface area contributed by atoms with Gasteiger partial charge in [-0.2, -0.15) is 0 Å². The first-order valence-corrected chi connectivity index (χ1v) is 8.84. The van der Waals surface area contributed by atoms with E-state index in [0.717, 1.165) is 11.1 Å². The van der Waals surface area contributed by atoms with Crippen molar-refractivity contribution >= 4 is 29.3 Å². The maximum Gasteiger partial charge on any atom is 0.411 e. The molecule has 28 heavy (non-hydrogen) atoms. The van der Waals surface area contributed by atoms with Crippen molar-refractivity contribution in [3.63, 3.8) is 0 Å². The van der Waals surface area contributed by atoms with Crippen LogP contribution < -0.4 is 10.6 Å². The average Bonchev–Trinajstić information content (AvgIpc) is 3.13. The second kappa shape index (κ2) is 9.05. The highest BCUT2D eigenvalue weighted by Crippen LogP contribution is 2.13. The summed E-state index contributed by atoms with van der Waals surface area (Å²) in [7, 11) is 0. The summed E-state index contributed by atoms with van der Waals surface area (Å²) in [5, 5.41) is 6.04. The number of hydrogen-bond acceptors (Lipinski definition) is 5. The lowest BCUT2D eigenvalue weighted by Gasteiger charge is -2.08. The zero-order valence-corrected chi connectivity index (χ0v) is 15.8. The first-order valence-electron chi connectivity index (χ1n) is 8.47. The van der Waals surface area contributed by atoms with Gasteiger partial charge in [-0.25, -0.2) is 9.78 Å². The molecule has 2 aromatic carbocycles. The fourth-order valence-corrected chi connectivity index (χ4v) is 2.50. The van der Waals surface area contributed by atoms with Gasteiger partial charge in [0.05, 0.1) is 0 Å². The van der Waals surface area contributed by atoms with Crippen molar-refractivity contribution in [2.45, 2.75) is 20.1 Å². The zero-order valence-electron chi connectivity index (χ0n) is 15.1. The Bertz CT molecular complexity index is 952. The van der Waals surface area contributed by atoms with Gasteiger partial charge in [0.25, 0.3) is 5.91 Å². The van der Waals surface area contributed by atoms with E-state index in [1.165, 1.54) is 6.39 Å². The van der Waals surface area contributed by atoms with E-state index in [2.05, 4.69) is 15.6 Å². The number of halogens is 1. The molecule has 0 saturated heterocycles. The third-order valence-corrected chi connectivity index (χ3v) is 4.15. The van der Waals surface area contributed by atoms with Gasteiger partial charge in [-0.15, -0.1) is 0 Å². The Balaban J connectivity index is 1.46. The Kier molecular flexibility index (Phi) is 6.29. The maximum atomic E-state index is 12.0. The zero-order chi connectivity index (χ0) is 19.9. The average molecular weight is 400 g/mol. The van der Waals surface area contributed by atoms with Crippen molar-refractivity contribution in [2.75, 3.05) is 5.32 Å². The van der Waals surface area contributed by atoms with E-state index in [0.29, 0.717) is 23.0 Å². The van der Waals surface area contributed by atoms with Crippen molar-refractivity contribution in [3.05, 3.63) is 82.5 Å². The fraction of sp³-hybridized carbons (Fsp3) is 0.150. The van der Waals surface area contributed by atoms with Gasteiger partial charge >= 0.3 is 6.09 Å². The molecular weight excluding hydrogens is 382 g/mol. The highest BCUT2D eigenvalue weighted by molar-refractivity contribution is 6.30. The molecule has 144 valence electrons. The van der Waals surface area contributed by atoms with Gasteiger partial charge in [-0.1, -0.05) is 35.9 Å². The van der Waals surface area contributed by atoms with E-state index in [1.54, 1.807) is 55.5 Å². The van der Waals surface area contributed by atoms with Gasteiger partial charge in [-0.3, -0.25) is 10.1 Å². The molecule has 0 saturated carbocycles. The van der Waals surface area contributed by atoms with Crippen LogP contribution in [0.1, 0.15) is 27.4 Å². The molecule has 0 atom stereocenters. The highest BCUT2D eigenvalue weighted by Gasteiger charge is 2.12. The normalized spacial score (nSPS) is 10.4. The smallest absolute Gasteiger partial charge is 0.411 e. The SMILES string of the molecule is Cc1ocnc1C(=O)NCc1ccc(NC(=O)OCc2ccc(Cl)cc2)cc1. The number of carbonyl (C=O) groups is 2. The standard InChI is InChI=1S/C20H18ClN3O4/c1-13-18(23-12-28-13)19(25)22-10-14-4-8-17(9-5-14)24-20(26)27-11-15-2-6-16(21)7-3-15/h2-9,12H,10-11H2,1H3,(H,22,25)(H,24,26). The Morgan fingerprint density at radius 1 is 1.07 bits per heavy atom. The Morgan fingerprint density at radius 3 is 2.39 bits per heavy atom. The summed E-state index contributed by atoms with van der Waals surface area (Å²) in [5.74, 6) is 0.161. The minimum absolute atomic E-state index is 0.147. The molecule has 0 radical (unpaired) electrons. The quantitative estimate of drug-likeness (QED) is 0.644. The number of aryl methyl sites for hydroxylation is 1. The molecule has 0 aliphatic heterocycles. The van der Waals surface area contributed by atoms with Gasteiger partial charge in [0.2, 0.25) is 0 Å². The number of anilines is 1. The van der Waals surface area contributed by atoms with Crippen molar-refractivity contribution in [2.24, 2.45) is 0 Å². The molecule has 1 aromatic heterocycles. The molecule has 7 nitrogen and oxygen atoms in total. The van der Waals surface area contributed by atoms with E-state index < -0.39 is 6.09 Å². The lowest BCUT2D eigenvalue weighted by Crippen LogP contribution is -2.23. The molecule has 2 amide bonds. The van der Waals surface area contributed by atoms with Crippen LogP contribution in [0.4, 0.5) is 10.5 Å². The molecule has 3 aromatic rings. The van der Waals surface area contributed by atoms with E-state index in [1.807, 2.05) is 0 Å². The van der Waals surface area contributed by atoms with Crippen LogP contribution in [-0.2, 0) is 17.9 Å². The third kappa shape index (κ3) is 5.34. The summed E-state index contributed by atoms with van der Waals surface area (Å²) in [6.45, 7) is 2.15. The predicted molar refractivity (Wildman–Crippen MR) is 104 cm³/mol. The number of oxazole rings is 1. The van der Waals surface area contributed by atoms with Crippen LogP contribution in [0.3, 0.4) is 0 Å². The van der Waals surface area contributed by atoms with E-state index in [-0.39, 0.29) is 18.2 Å². The summed E-state index contributed by atoms with van der Waals surface area (Å²) in [5.41, 5.74) is 2.56. The number of hydrogen-bond donors (Lipinski definition) is 2. The van der Waals surface area contributed by atoms with Crippen molar-refractivity contribution < 1.29 is 18.7 Å². The van der Waals surface area contributed by atoms with Gasteiger partial charge in [0.15, 0.2) is 12.1 Å². The number of aromatic nitrogens is 1. The number of carbonyl (C=O) groups excluding carboxylic acids is 2. The maximum absolute atomic E-state index is 12.0. The largest absolute Gasteiger partial charge is 0.448 e. The Hall–Kier alpha value is -3.32. The first-order chi connectivity index (χ1) is 13.5. The summed E-state index contributed by atoms with van der Waals surface area (Å²) >= 11 is 5.82. The Morgan fingerprint density at radius 2 is 1.75 bits per heavy atom. The van der Waals surface area contributed by atoms with E-state index in [9.17, 15) is 9.59 Å². The molecule has 0 bridgehead atoms. The van der Waals surface area contributed by atoms with Crippen LogP contribution >= 0.6 is 11.6 Å². The lowest BCUT2D eigenvalue weighted by atomic mass is 10.2.